The van der Waals surface area contributed by atoms with Crippen molar-refractivity contribution in [2.75, 3.05) is 30.4 Å². The number of carbonyl (C=O) groups is 1. The Morgan fingerprint density at radius 3 is 2.70 bits per heavy atom. The van der Waals surface area contributed by atoms with Crippen molar-refractivity contribution in [2.45, 2.75) is 43.8 Å². The molecule has 2 heterocycles. The van der Waals surface area contributed by atoms with E-state index in [1.165, 1.54) is 22.3 Å². The second kappa shape index (κ2) is 10.3. The van der Waals surface area contributed by atoms with Crippen molar-refractivity contribution < 1.29 is 13.2 Å². The SMILES string of the molecule is CCCn1c(SCC(=O)Nc2ccc(Br)cc2)nnc1[C@H]1CCCN(S(C)(=O)=O)C1. The van der Waals surface area contributed by atoms with Gasteiger partial charge in [0.15, 0.2) is 5.16 Å². The molecule has 0 saturated carbocycles. The molecule has 1 aromatic heterocycles. The third kappa shape index (κ3) is 6.05. The van der Waals surface area contributed by atoms with Crippen molar-refractivity contribution >= 4 is 49.3 Å². The van der Waals surface area contributed by atoms with Crippen molar-refractivity contribution in [1.29, 1.82) is 0 Å². The second-order valence-corrected chi connectivity index (χ2v) is 11.1. The molecule has 1 N–H and O–H groups in total. The molecule has 1 aromatic carbocycles. The summed E-state index contributed by atoms with van der Waals surface area (Å²) in [6.07, 6.45) is 3.82. The fourth-order valence-corrected chi connectivity index (χ4v) is 5.40. The van der Waals surface area contributed by atoms with Crippen LogP contribution < -0.4 is 5.32 Å². The summed E-state index contributed by atoms with van der Waals surface area (Å²) in [5.74, 6) is 0.924. The number of hydrogen-bond acceptors (Lipinski definition) is 6. The number of piperidine rings is 1. The Balaban J connectivity index is 1.68. The molecular weight excluding hydrogens is 490 g/mol. The molecule has 0 spiro atoms. The fraction of sp³-hybridized carbons (Fsp3) is 0.526. The molecule has 0 aliphatic carbocycles. The van der Waals surface area contributed by atoms with Gasteiger partial charge < -0.3 is 9.88 Å². The molecule has 1 fully saturated rings. The van der Waals surface area contributed by atoms with Crippen molar-refractivity contribution in [3.63, 3.8) is 0 Å². The first-order chi connectivity index (χ1) is 14.3. The van der Waals surface area contributed by atoms with Crippen molar-refractivity contribution in [3.8, 4) is 0 Å². The molecular formula is C19H26BrN5O3S2. The summed E-state index contributed by atoms with van der Waals surface area (Å²) >= 11 is 4.72. The Kier molecular flexibility index (Phi) is 7.94. The summed E-state index contributed by atoms with van der Waals surface area (Å²) in [7, 11) is -3.22. The number of sulfonamides is 1. The molecule has 1 aliphatic rings. The number of nitrogens with one attached hydrogen (secondary N) is 1. The smallest absolute Gasteiger partial charge is 0.234 e. The molecule has 0 bridgehead atoms. The first-order valence-corrected chi connectivity index (χ1v) is 13.5. The monoisotopic (exact) mass is 515 g/mol. The zero-order valence-electron chi connectivity index (χ0n) is 17.0. The van der Waals surface area contributed by atoms with E-state index in [9.17, 15) is 13.2 Å². The molecule has 1 saturated heterocycles. The highest BCUT2D eigenvalue weighted by Gasteiger charge is 2.30. The van der Waals surface area contributed by atoms with E-state index in [-0.39, 0.29) is 17.6 Å². The number of nitrogens with zero attached hydrogens (tertiary/aromatic N) is 4. The van der Waals surface area contributed by atoms with Gasteiger partial charge in [0.2, 0.25) is 15.9 Å². The summed E-state index contributed by atoms with van der Waals surface area (Å²) in [6, 6.07) is 7.41. The maximum atomic E-state index is 12.3. The Morgan fingerprint density at radius 1 is 1.30 bits per heavy atom. The van der Waals surface area contributed by atoms with Crippen LogP contribution in [0.4, 0.5) is 5.69 Å². The molecule has 30 heavy (non-hydrogen) atoms. The summed E-state index contributed by atoms with van der Waals surface area (Å²) in [4.78, 5) is 12.3. The van der Waals surface area contributed by atoms with Crippen LogP contribution in [0.25, 0.3) is 0 Å². The van der Waals surface area contributed by atoms with Gasteiger partial charge in [-0.05, 0) is 43.5 Å². The molecule has 0 radical (unpaired) electrons. The lowest BCUT2D eigenvalue weighted by atomic mass is 9.99. The van der Waals surface area contributed by atoms with Gasteiger partial charge in [0.25, 0.3) is 0 Å². The van der Waals surface area contributed by atoms with Crippen LogP contribution in [0.1, 0.15) is 37.9 Å². The quantitative estimate of drug-likeness (QED) is 0.541. The van der Waals surface area contributed by atoms with Crippen LogP contribution in [0.2, 0.25) is 0 Å². The molecule has 0 unspecified atom stereocenters. The van der Waals surface area contributed by atoms with E-state index >= 15 is 0 Å². The maximum absolute atomic E-state index is 12.3. The molecule has 11 heteroatoms. The van der Waals surface area contributed by atoms with Gasteiger partial charge in [-0.1, -0.05) is 34.6 Å². The highest BCUT2D eigenvalue weighted by Crippen LogP contribution is 2.30. The van der Waals surface area contributed by atoms with Gasteiger partial charge in [-0.15, -0.1) is 10.2 Å². The maximum Gasteiger partial charge on any atom is 0.234 e. The Hall–Kier alpha value is -1.43. The van der Waals surface area contributed by atoms with Gasteiger partial charge in [-0.3, -0.25) is 4.79 Å². The Morgan fingerprint density at radius 2 is 2.03 bits per heavy atom. The van der Waals surface area contributed by atoms with Crippen LogP contribution in [0.5, 0.6) is 0 Å². The lowest BCUT2D eigenvalue weighted by Gasteiger charge is -2.30. The summed E-state index contributed by atoms with van der Waals surface area (Å²) < 4.78 is 28.4. The zero-order valence-corrected chi connectivity index (χ0v) is 20.3. The van der Waals surface area contributed by atoms with Crippen molar-refractivity contribution in [2.24, 2.45) is 0 Å². The van der Waals surface area contributed by atoms with Crippen LogP contribution in [-0.2, 0) is 21.4 Å². The molecule has 2 aromatic rings. The van der Waals surface area contributed by atoms with E-state index in [4.69, 9.17) is 0 Å². The number of anilines is 1. The molecule has 1 aliphatic heterocycles. The number of amides is 1. The topological polar surface area (TPSA) is 97.2 Å². The van der Waals surface area contributed by atoms with Crippen LogP contribution in [0.15, 0.2) is 33.9 Å². The average molecular weight is 516 g/mol. The predicted molar refractivity (Wildman–Crippen MR) is 122 cm³/mol. The van der Waals surface area contributed by atoms with E-state index in [1.54, 1.807) is 0 Å². The van der Waals surface area contributed by atoms with Gasteiger partial charge in [-0.2, -0.15) is 0 Å². The number of hydrogen-bond donors (Lipinski definition) is 1. The van der Waals surface area contributed by atoms with E-state index in [0.29, 0.717) is 18.2 Å². The lowest BCUT2D eigenvalue weighted by Crippen LogP contribution is -2.39. The van der Waals surface area contributed by atoms with Crippen molar-refractivity contribution in [3.05, 3.63) is 34.6 Å². The van der Waals surface area contributed by atoms with Gasteiger partial charge in [-0.25, -0.2) is 12.7 Å². The minimum atomic E-state index is -3.22. The Labute approximate surface area is 190 Å². The van der Waals surface area contributed by atoms with Gasteiger partial charge >= 0.3 is 0 Å². The normalized spacial score (nSPS) is 17.8. The van der Waals surface area contributed by atoms with E-state index in [1.807, 2.05) is 28.8 Å². The van der Waals surface area contributed by atoms with E-state index in [0.717, 1.165) is 41.8 Å². The summed E-state index contributed by atoms with van der Waals surface area (Å²) in [5.41, 5.74) is 0.739. The minimum absolute atomic E-state index is 0.0125. The highest BCUT2D eigenvalue weighted by molar-refractivity contribution is 9.10. The highest BCUT2D eigenvalue weighted by atomic mass is 79.9. The first-order valence-electron chi connectivity index (χ1n) is 9.84. The molecule has 8 nitrogen and oxygen atoms in total. The van der Waals surface area contributed by atoms with Gasteiger partial charge in [0.05, 0.1) is 12.0 Å². The minimum Gasteiger partial charge on any atom is -0.325 e. The van der Waals surface area contributed by atoms with E-state index in [2.05, 4.69) is 38.4 Å². The fourth-order valence-electron chi connectivity index (χ4n) is 3.46. The predicted octanol–water partition coefficient (Wildman–Crippen LogP) is 3.32. The third-order valence-corrected chi connectivity index (χ3v) is 7.64. The van der Waals surface area contributed by atoms with Crippen LogP contribution in [0.3, 0.4) is 0 Å². The number of carbonyl (C=O) groups excluding carboxylic acids is 1. The molecule has 1 amide bonds. The van der Waals surface area contributed by atoms with E-state index < -0.39 is 10.0 Å². The average Bonchev–Trinajstić information content (AvgIpc) is 3.11. The molecule has 164 valence electrons. The number of benzene rings is 1. The number of halogens is 1. The van der Waals surface area contributed by atoms with Crippen molar-refractivity contribution in [1.82, 2.24) is 19.1 Å². The number of thioether (sulfide) groups is 1. The van der Waals surface area contributed by atoms with Gasteiger partial charge in [0.1, 0.15) is 5.82 Å². The number of aromatic nitrogens is 3. The summed E-state index contributed by atoms with van der Waals surface area (Å²) in [5, 5.41) is 12.3. The zero-order chi connectivity index (χ0) is 21.7. The van der Waals surface area contributed by atoms with Gasteiger partial charge in [0, 0.05) is 35.7 Å². The van der Waals surface area contributed by atoms with Crippen LogP contribution >= 0.6 is 27.7 Å². The Bertz CT molecular complexity index is 979. The number of rotatable bonds is 8. The van der Waals surface area contributed by atoms with Crippen LogP contribution in [0, 0.1) is 0 Å². The summed E-state index contributed by atoms with van der Waals surface area (Å²) in [6.45, 7) is 3.78. The van der Waals surface area contributed by atoms with Crippen LogP contribution in [-0.4, -0.2) is 58.5 Å². The standard InChI is InChI=1S/C19H26BrN5O3S2/c1-3-10-25-18(14-5-4-11-24(12-14)30(2,27)28)22-23-19(25)29-13-17(26)21-16-8-6-15(20)7-9-16/h6-9,14H,3-5,10-13H2,1-2H3,(H,21,26)/t14-/m0/s1. The lowest BCUT2D eigenvalue weighted by molar-refractivity contribution is -0.113. The molecule has 3 rings (SSSR count). The second-order valence-electron chi connectivity index (χ2n) is 7.30. The third-order valence-electron chi connectivity index (χ3n) is 4.87. The largest absolute Gasteiger partial charge is 0.325 e. The molecule has 1 atom stereocenters. The first kappa shape index (κ1) is 23.2.